The van der Waals surface area contributed by atoms with Gasteiger partial charge in [0.2, 0.25) is 0 Å². The van der Waals surface area contributed by atoms with Crippen LogP contribution in [0.5, 0.6) is 0 Å². The fourth-order valence-corrected chi connectivity index (χ4v) is 2.41. The first-order valence-electron chi connectivity index (χ1n) is 6.60. The van der Waals surface area contributed by atoms with Crippen LogP contribution in [0.25, 0.3) is 0 Å². The molecule has 0 unspecified atom stereocenters. The van der Waals surface area contributed by atoms with Gasteiger partial charge in [-0.05, 0) is 38.1 Å². The van der Waals surface area contributed by atoms with Gasteiger partial charge in [0.15, 0.2) is 0 Å². The first-order valence-corrected chi connectivity index (χ1v) is 6.97. The van der Waals surface area contributed by atoms with Gasteiger partial charge in [-0.15, -0.1) is 0 Å². The van der Waals surface area contributed by atoms with Gasteiger partial charge in [0.05, 0.1) is 12.2 Å². The number of aryl methyl sites for hydroxylation is 1. The molecule has 102 valence electrons. The summed E-state index contributed by atoms with van der Waals surface area (Å²) in [6, 6.07) is 7.93. The van der Waals surface area contributed by atoms with E-state index in [4.69, 9.17) is 11.6 Å². The van der Waals surface area contributed by atoms with Crippen LogP contribution < -0.4 is 5.32 Å². The van der Waals surface area contributed by atoms with Crippen LogP contribution in [0.4, 0.5) is 0 Å². The number of aromatic nitrogens is 2. The molecule has 1 aromatic heterocycles. The Kier molecular flexibility index (Phi) is 4.61. The van der Waals surface area contributed by atoms with Crippen LogP contribution in [0.1, 0.15) is 29.4 Å². The molecule has 1 N–H and O–H groups in total. The van der Waals surface area contributed by atoms with E-state index in [0.717, 1.165) is 30.4 Å². The molecule has 0 saturated heterocycles. The number of benzene rings is 1. The summed E-state index contributed by atoms with van der Waals surface area (Å²) in [5.74, 6) is 0. The van der Waals surface area contributed by atoms with Gasteiger partial charge in [-0.3, -0.25) is 4.68 Å². The number of nitrogens with zero attached hydrogens (tertiary/aromatic N) is 2. The molecule has 0 aliphatic rings. The summed E-state index contributed by atoms with van der Waals surface area (Å²) in [5, 5.41) is 8.75. The average Bonchev–Trinajstić information content (AvgIpc) is 2.62. The van der Waals surface area contributed by atoms with Crippen LogP contribution in [0.15, 0.2) is 24.3 Å². The van der Waals surface area contributed by atoms with E-state index >= 15 is 0 Å². The predicted molar refractivity (Wildman–Crippen MR) is 79.6 cm³/mol. The Morgan fingerprint density at radius 1 is 1.32 bits per heavy atom. The maximum absolute atomic E-state index is 6.02. The fourth-order valence-electron chi connectivity index (χ4n) is 2.20. The Labute approximate surface area is 119 Å². The standard InChI is InChI=1S/C15H20ClN3/c1-4-17-9-15-11(2)18-19(12(15)3)10-13-6-5-7-14(16)8-13/h5-8,17H,4,9-10H2,1-3H3. The van der Waals surface area contributed by atoms with E-state index in [1.807, 2.05) is 22.9 Å². The zero-order valence-electron chi connectivity index (χ0n) is 11.7. The third-order valence-corrected chi connectivity index (χ3v) is 3.54. The number of rotatable bonds is 5. The first kappa shape index (κ1) is 14.1. The quantitative estimate of drug-likeness (QED) is 0.909. The van der Waals surface area contributed by atoms with Crippen molar-refractivity contribution in [1.82, 2.24) is 15.1 Å². The SMILES string of the molecule is CCNCc1c(C)nn(Cc2cccc(Cl)c2)c1C. The molecule has 2 rings (SSSR count). The summed E-state index contributed by atoms with van der Waals surface area (Å²) in [6.07, 6.45) is 0. The third kappa shape index (κ3) is 3.37. The third-order valence-electron chi connectivity index (χ3n) is 3.30. The number of hydrogen-bond acceptors (Lipinski definition) is 2. The normalized spacial score (nSPS) is 10.9. The molecular weight excluding hydrogens is 258 g/mol. The van der Waals surface area contributed by atoms with Crippen LogP contribution in [-0.2, 0) is 13.1 Å². The summed E-state index contributed by atoms with van der Waals surface area (Å²) < 4.78 is 2.05. The molecule has 1 aromatic carbocycles. The molecule has 0 aliphatic carbocycles. The Morgan fingerprint density at radius 2 is 2.11 bits per heavy atom. The zero-order valence-corrected chi connectivity index (χ0v) is 12.5. The molecule has 0 saturated carbocycles. The summed E-state index contributed by atoms with van der Waals surface area (Å²) in [4.78, 5) is 0. The lowest BCUT2D eigenvalue weighted by atomic mass is 10.2. The lowest BCUT2D eigenvalue weighted by Crippen LogP contribution is -2.13. The Hall–Kier alpha value is -1.32. The summed E-state index contributed by atoms with van der Waals surface area (Å²) in [7, 11) is 0. The molecule has 0 spiro atoms. The number of halogens is 1. The maximum atomic E-state index is 6.02. The zero-order chi connectivity index (χ0) is 13.8. The molecule has 3 nitrogen and oxygen atoms in total. The maximum Gasteiger partial charge on any atom is 0.0663 e. The van der Waals surface area contributed by atoms with Crippen molar-refractivity contribution in [2.75, 3.05) is 6.54 Å². The second-order valence-corrected chi connectivity index (χ2v) is 5.15. The van der Waals surface area contributed by atoms with Crippen LogP contribution in [0.2, 0.25) is 5.02 Å². The molecule has 0 aliphatic heterocycles. The first-order chi connectivity index (χ1) is 9.11. The average molecular weight is 278 g/mol. The van der Waals surface area contributed by atoms with Crippen molar-refractivity contribution in [1.29, 1.82) is 0 Å². The van der Waals surface area contributed by atoms with Gasteiger partial charge in [0.1, 0.15) is 0 Å². The van der Waals surface area contributed by atoms with E-state index in [0.29, 0.717) is 0 Å². The Balaban J connectivity index is 2.21. The van der Waals surface area contributed by atoms with Crippen molar-refractivity contribution in [3.8, 4) is 0 Å². The van der Waals surface area contributed by atoms with Crippen LogP contribution in [0, 0.1) is 13.8 Å². The predicted octanol–water partition coefficient (Wildman–Crippen LogP) is 3.31. The van der Waals surface area contributed by atoms with Crippen molar-refractivity contribution in [3.63, 3.8) is 0 Å². The van der Waals surface area contributed by atoms with Gasteiger partial charge in [-0.1, -0.05) is 30.7 Å². The van der Waals surface area contributed by atoms with Crippen LogP contribution in [0.3, 0.4) is 0 Å². The highest BCUT2D eigenvalue weighted by Crippen LogP contribution is 2.16. The van der Waals surface area contributed by atoms with E-state index in [2.05, 4.69) is 37.3 Å². The van der Waals surface area contributed by atoms with Crippen LogP contribution in [-0.4, -0.2) is 16.3 Å². The number of hydrogen-bond donors (Lipinski definition) is 1. The van der Waals surface area contributed by atoms with Gasteiger partial charge < -0.3 is 5.32 Å². The number of nitrogens with one attached hydrogen (secondary N) is 1. The minimum absolute atomic E-state index is 0.763. The van der Waals surface area contributed by atoms with Crippen molar-refractivity contribution in [2.45, 2.75) is 33.9 Å². The van der Waals surface area contributed by atoms with Gasteiger partial charge in [0, 0.05) is 22.8 Å². The van der Waals surface area contributed by atoms with Gasteiger partial charge in [-0.25, -0.2) is 0 Å². The molecular formula is C15H20ClN3. The molecule has 0 radical (unpaired) electrons. The minimum atomic E-state index is 0.763. The molecule has 4 heteroatoms. The molecule has 0 bridgehead atoms. The molecule has 2 aromatic rings. The van der Waals surface area contributed by atoms with Crippen molar-refractivity contribution in [2.24, 2.45) is 0 Å². The largest absolute Gasteiger partial charge is 0.313 e. The highest BCUT2D eigenvalue weighted by molar-refractivity contribution is 6.30. The summed E-state index contributed by atoms with van der Waals surface area (Å²) in [5.41, 5.74) is 4.79. The monoisotopic (exact) mass is 277 g/mol. The molecule has 0 fully saturated rings. The van der Waals surface area contributed by atoms with Crippen molar-refractivity contribution < 1.29 is 0 Å². The molecule has 19 heavy (non-hydrogen) atoms. The van der Waals surface area contributed by atoms with E-state index < -0.39 is 0 Å². The summed E-state index contributed by atoms with van der Waals surface area (Å²) in [6.45, 7) is 8.91. The fraction of sp³-hybridized carbons (Fsp3) is 0.400. The molecule has 1 heterocycles. The highest BCUT2D eigenvalue weighted by Gasteiger charge is 2.11. The second kappa shape index (κ2) is 6.22. The molecule has 0 atom stereocenters. The van der Waals surface area contributed by atoms with Gasteiger partial charge in [-0.2, -0.15) is 5.10 Å². The Bertz CT molecular complexity index is 561. The highest BCUT2D eigenvalue weighted by atomic mass is 35.5. The van der Waals surface area contributed by atoms with Crippen molar-refractivity contribution >= 4 is 11.6 Å². The smallest absolute Gasteiger partial charge is 0.0663 e. The summed E-state index contributed by atoms with van der Waals surface area (Å²) >= 11 is 6.02. The van der Waals surface area contributed by atoms with E-state index in [1.54, 1.807) is 0 Å². The second-order valence-electron chi connectivity index (χ2n) is 4.72. The minimum Gasteiger partial charge on any atom is -0.313 e. The lowest BCUT2D eigenvalue weighted by Gasteiger charge is -2.06. The lowest BCUT2D eigenvalue weighted by molar-refractivity contribution is 0.655. The van der Waals surface area contributed by atoms with E-state index in [-0.39, 0.29) is 0 Å². The molecule has 0 amide bonds. The van der Waals surface area contributed by atoms with Crippen molar-refractivity contribution in [3.05, 3.63) is 51.8 Å². The van der Waals surface area contributed by atoms with E-state index in [1.165, 1.54) is 16.8 Å². The van der Waals surface area contributed by atoms with E-state index in [9.17, 15) is 0 Å². The van der Waals surface area contributed by atoms with Gasteiger partial charge in [0.25, 0.3) is 0 Å². The van der Waals surface area contributed by atoms with Gasteiger partial charge >= 0.3 is 0 Å². The Morgan fingerprint density at radius 3 is 2.79 bits per heavy atom. The topological polar surface area (TPSA) is 29.9 Å². The van der Waals surface area contributed by atoms with Crippen LogP contribution >= 0.6 is 11.6 Å².